The van der Waals surface area contributed by atoms with Gasteiger partial charge in [-0.3, -0.25) is 4.79 Å². The third kappa shape index (κ3) is 4.43. The molecule has 0 aliphatic rings. The number of benzene rings is 2. The van der Waals surface area contributed by atoms with Gasteiger partial charge in [0, 0.05) is 19.1 Å². The summed E-state index contributed by atoms with van der Waals surface area (Å²) in [6, 6.07) is 16.0. The lowest BCUT2D eigenvalue weighted by molar-refractivity contribution is -0.136. The number of carbonyl (C=O) groups is 1. The summed E-state index contributed by atoms with van der Waals surface area (Å²) in [6.45, 7) is 1.69. The Balaban J connectivity index is 2.24. The number of amides is 1. The van der Waals surface area contributed by atoms with Crippen molar-refractivity contribution in [2.45, 2.75) is 18.3 Å². The minimum atomic E-state index is -3.14. The van der Waals surface area contributed by atoms with Gasteiger partial charge in [0.15, 0.2) is 15.4 Å². The first-order chi connectivity index (χ1) is 11.2. The molecule has 0 unspecified atom stereocenters. The summed E-state index contributed by atoms with van der Waals surface area (Å²) < 4.78 is 28.3. The number of nitrogens with one attached hydrogen (secondary N) is 1. The van der Waals surface area contributed by atoms with Gasteiger partial charge in [-0.15, -0.1) is 0 Å². The minimum Gasteiger partial charge on any atom is -0.364 e. The first-order valence-electron chi connectivity index (χ1n) is 7.43. The number of carbonyl (C=O) groups excluding carboxylic acids is 1. The number of ether oxygens (including phenoxy) is 1. The van der Waals surface area contributed by atoms with E-state index in [1.54, 1.807) is 31.2 Å². The van der Waals surface area contributed by atoms with Gasteiger partial charge >= 0.3 is 0 Å². The van der Waals surface area contributed by atoms with Crippen LogP contribution < -0.4 is 5.32 Å². The molecule has 2 rings (SSSR count). The van der Waals surface area contributed by atoms with Gasteiger partial charge in [0.05, 0.1) is 5.75 Å². The van der Waals surface area contributed by atoms with E-state index in [1.165, 1.54) is 13.4 Å². The average molecular weight is 347 g/mol. The van der Waals surface area contributed by atoms with Gasteiger partial charge in [0.2, 0.25) is 0 Å². The Kier molecular flexibility index (Phi) is 5.41. The largest absolute Gasteiger partial charge is 0.364 e. The van der Waals surface area contributed by atoms with Crippen LogP contribution in [0.4, 0.5) is 5.69 Å². The first-order valence-corrected chi connectivity index (χ1v) is 9.49. The van der Waals surface area contributed by atoms with Gasteiger partial charge < -0.3 is 10.1 Å². The minimum absolute atomic E-state index is 0.0725. The van der Waals surface area contributed by atoms with Crippen LogP contribution in [-0.4, -0.2) is 27.7 Å². The predicted molar refractivity (Wildman–Crippen MR) is 94.4 cm³/mol. The Morgan fingerprint density at radius 1 is 1.12 bits per heavy atom. The van der Waals surface area contributed by atoms with Gasteiger partial charge in [-0.1, -0.05) is 42.5 Å². The quantitative estimate of drug-likeness (QED) is 0.872. The van der Waals surface area contributed by atoms with Gasteiger partial charge in [0.1, 0.15) is 0 Å². The molecule has 0 aliphatic heterocycles. The summed E-state index contributed by atoms with van der Waals surface area (Å²) >= 11 is 0. The molecule has 24 heavy (non-hydrogen) atoms. The SMILES string of the molecule is CO[C@@](C)(C(=O)Nc1cccc(CS(C)(=O)=O)c1)c1ccccc1. The molecule has 2 aromatic rings. The van der Waals surface area contributed by atoms with Crippen molar-refractivity contribution in [2.75, 3.05) is 18.7 Å². The molecule has 0 saturated heterocycles. The average Bonchev–Trinajstić information content (AvgIpc) is 2.53. The molecule has 1 amide bonds. The molecule has 0 aromatic heterocycles. The molecule has 1 N–H and O–H groups in total. The Hall–Kier alpha value is -2.18. The van der Waals surface area contributed by atoms with Crippen molar-refractivity contribution in [3.8, 4) is 0 Å². The zero-order valence-corrected chi connectivity index (χ0v) is 14.8. The van der Waals surface area contributed by atoms with Crippen molar-refractivity contribution < 1.29 is 17.9 Å². The number of anilines is 1. The highest BCUT2D eigenvalue weighted by atomic mass is 32.2. The fourth-order valence-corrected chi connectivity index (χ4v) is 3.17. The maximum atomic E-state index is 12.7. The molecule has 1 atom stereocenters. The lowest BCUT2D eigenvalue weighted by Gasteiger charge is -2.27. The molecule has 0 bridgehead atoms. The Morgan fingerprint density at radius 3 is 2.38 bits per heavy atom. The van der Waals surface area contributed by atoms with Crippen LogP contribution in [0, 0.1) is 0 Å². The molecule has 6 heteroatoms. The molecule has 0 aliphatic carbocycles. The predicted octanol–water partition coefficient (Wildman–Crippen LogP) is 2.73. The van der Waals surface area contributed by atoms with Gasteiger partial charge in [-0.2, -0.15) is 0 Å². The van der Waals surface area contributed by atoms with Crippen molar-refractivity contribution in [3.63, 3.8) is 0 Å². The summed E-state index contributed by atoms with van der Waals surface area (Å²) in [5.74, 6) is -0.399. The highest BCUT2D eigenvalue weighted by Gasteiger charge is 2.35. The van der Waals surface area contributed by atoms with Gasteiger partial charge in [0.25, 0.3) is 5.91 Å². The lowest BCUT2D eigenvalue weighted by Crippen LogP contribution is -2.39. The Labute approximate surface area is 142 Å². The summed E-state index contributed by atoms with van der Waals surface area (Å²) in [4.78, 5) is 12.7. The van der Waals surface area contributed by atoms with E-state index in [-0.39, 0.29) is 11.7 Å². The smallest absolute Gasteiger partial charge is 0.260 e. The maximum Gasteiger partial charge on any atom is 0.260 e. The molecule has 0 radical (unpaired) electrons. The summed E-state index contributed by atoms with van der Waals surface area (Å²) in [7, 11) is -1.66. The Bertz CT molecular complexity index is 818. The van der Waals surface area contributed by atoms with E-state index in [9.17, 15) is 13.2 Å². The number of sulfone groups is 1. The second-order valence-corrected chi connectivity index (χ2v) is 7.97. The maximum absolute atomic E-state index is 12.7. The molecule has 128 valence electrons. The number of methoxy groups -OCH3 is 1. The van der Waals surface area contributed by atoms with Crippen molar-refractivity contribution in [3.05, 3.63) is 65.7 Å². The van der Waals surface area contributed by atoms with E-state index in [4.69, 9.17) is 4.74 Å². The monoisotopic (exact) mass is 347 g/mol. The van der Waals surface area contributed by atoms with Crippen LogP contribution >= 0.6 is 0 Å². The fraction of sp³-hybridized carbons (Fsp3) is 0.278. The molecular formula is C18H21NO4S. The Morgan fingerprint density at radius 2 is 1.79 bits per heavy atom. The van der Waals surface area contributed by atoms with E-state index in [0.717, 1.165) is 5.56 Å². The first kappa shape index (κ1) is 18.2. The zero-order valence-electron chi connectivity index (χ0n) is 13.9. The highest BCUT2D eigenvalue weighted by molar-refractivity contribution is 7.89. The van der Waals surface area contributed by atoms with Crippen molar-refractivity contribution >= 4 is 21.4 Å². The second-order valence-electron chi connectivity index (χ2n) is 5.83. The van der Waals surface area contributed by atoms with E-state index < -0.39 is 15.4 Å². The molecule has 0 spiro atoms. The standard InChI is InChI=1S/C18H21NO4S/c1-18(23-2,15-9-5-4-6-10-15)17(20)19-16-11-7-8-14(12-16)13-24(3,21)22/h4-12H,13H2,1-3H3,(H,19,20)/t18-/m1/s1. The van der Waals surface area contributed by atoms with Gasteiger partial charge in [-0.05, 0) is 30.2 Å². The molecular weight excluding hydrogens is 326 g/mol. The number of hydrogen-bond acceptors (Lipinski definition) is 4. The van der Waals surface area contributed by atoms with Crippen LogP contribution in [0.3, 0.4) is 0 Å². The summed E-state index contributed by atoms with van der Waals surface area (Å²) in [5.41, 5.74) is 0.737. The topological polar surface area (TPSA) is 72.5 Å². The highest BCUT2D eigenvalue weighted by Crippen LogP contribution is 2.26. The molecule has 5 nitrogen and oxygen atoms in total. The second kappa shape index (κ2) is 7.15. The molecule has 0 heterocycles. The van der Waals surface area contributed by atoms with Crippen LogP contribution in [0.15, 0.2) is 54.6 Å². The third-order valence-corrected chi connectivity index (χ3v) is 4.64. The van der Waals surface area contributed by atoms with Gasteiger partial charge in [-0.25, -0.2) is 8.42 Å². The number of hydrogen-bond donors (Lipinski definition) is 1. The molecule has 2 aromatic carbocycles. The number of rotatable bonds is 6. The van der Waals surface area contributed by atoms with Crippen LogP contribution in [0.25, 0.3) is 0 Å². The van der Waals surface area contributed by atoms with Crippen molar-refractivity contribution in [1.29, 1.82) is 0 Å². The zero-order chi connectivity index (χ0) is 17.8. The summed E-state index contributed by atoms with van der Waals surface area (Å²) in [5, 5.41) is 2.80. The molecule has 0 fully saturated rings. The van der Waals surface area contributed by atoms with Crippen molar-refractivity contribution in [2.24, 2.45) is 0 Å². The van der Waals surface area contributed by atoms with E-state index in [1.807, 2.05) is 30.3 Å². The van der Waals surface area contributed by atoms with E-state index in [2.05, 4.69) is 5.32 Å². The van der Waals surface area contributed by atoms with Crippen LogP contribution in [0.2, 0.25) is 0 Å². The van der Waals surface area contributed by atoms with Crippen LogP contribution in [-0.2, 0) is 30.7 Å². The van der Waals surface area contributed by atoms with Crippen LogP contribution in [0.5, 0.6) is 0 Å². The van der Waals surface area contributed by atoms with E-state index in [0.29, 0.717) is 11.3 Å². The third-order valence-electron chi connectivity index (χ3n) is 3.78. The fourth-order valence-electron chi connectivity index (χ4n) is 2.39. The van der Waals surface area contributed by atoms with Crippen molar-refractivity contribution in [1.82, 2.24) is 0 Å². The van der Waals surface area contributed by atoms with E-state index >= 15 is 0 Å². The lowest BCUT2D eigenvalue weighted by atomic mass is 9.94. The summed E-state index contributed by atoms with van der Waals surface area (Å²) in [6.07, 6.45) is 1.18. The van der Waals surface area contributed by atoms with Crippen LogP contribution in [0.1, 0.15) is 18.1 Å². The normalized spacial score (nSPS) is 14.0. The molecule has 0 saturated carbocycles.